The van der Waals surface area contributed by atoms with Crippen LogP contribution in [0.1, 0.15) is 0 Å². The van der Waals surface area contributed by atoms with Crippen molar-refractivity contribution in [3.05, 3.63) is 267 Å². The van der Waals surface area contributed by atoms with Crippen LogP contribution in [0.4, 0.5) is 0 Å². The van der Waals surface area contributed by atoms with Gasteiger partial charge in [-0.25, -0.2) is 0 Å². The van der Waals surface area contributed by atoms with E-state index in [2.05, 4.69) is 276 Å². The van der Waals surface area contributed by atoms with Crippen LogP contribution in [0.3, 0.4) is 0 Å². The van der Waals surface area contributed by atoms with Gasteiger partial charge < -0.3 is 9.13 Å². The van der Waals surface area contributed by atoms with Crippen LogP contribution in [0.2, 0.25) is 0 Å². The predicted octanol–water partition coefficient (Wildman–Crippen LogP) is 19.8. The molecule has 342 valence electrons. The van der Waals surface area contributed by atoms with Crippen LogP contribution in [0.25, 0.3) is 153 Å². The van der Waals surface area contributed by atoms with Crippen molar-refractivity contribution in [2.45, 2.75) is 0 Å². The number of hydrogen-bond donors (Lipinski definition) is 0. The van der Waals surface area contributed by atoms with Crippen LogP contribution in [-0.4, -0.2) is 9.13 Å². The summed E-state index contributed by atoms with van der Waals surface area (Å²) in [7, 11) is 0. The van der Waals surface area contributed by atoms with Gasteiger partial charge in [0, 0.05) is 44.0 Å². The van der Waals surface area contributed by atoms with Crippen molar-refractivity contribution in [3.63, 3.8) is 0 Å². The first-order chi connectivity index (χ1) is 36.7. The Hall–Kier alpha value is -9.76. The molecule has 74 heavy (non-hydrogen) atoms. The zero-order valence-electron chi connectivity index (χ0n) is 40.3. The molecule has 0 unspecified atom stereocenters. The fourth-order valence-electron chi connectivity index (χ4n) is 12.7. The average molecular weight is 937 g/mol. The molecule has 14 aromatic carbocycles. The lowest BCUT2D eigenvalue weighted by molar-refractivity contribution is 1.14. The predicted molar refractivity (Wildman–Crippen MR) is 316 cm³/mol. The van der Waals surface area contributed by atoms with Crippen molar-refractivity contribution in [3.8, 4) is 56.1 Å². The Kier molecular flexibility index (Phi) is 8.78. The molecule has 0 amide bonds. The van der Waals surface area contributed by atoms with Crippen molar-refractivity contribution in [1.82, 2.24) is 9.13 Å². The van der Waals surface area contributed by atoms with Gasteiger partial charge in [0.05, 0.1) is 22.4 Å². The molecule has 2 heteroatoms. The molecule has 0 N–H and O–H groups in total. The van der Waals surface area contributed by atoms with Gasteiger partial charge in [-0.05, 0) is 148 Å². The SMILES string of the molecule is c1ccc(-c2c(-c3ccccc3)n(-c3ccc4cc5ccccc5cc4c3)c3c2cc2ccc4c5c(ccc3c25)cc2c(-c3ccccc3)c(-c3ccccc3)n(-c3ccc5cc6ccccc6cc5c3)c24)cc1. The summed E-state index contributed by atoms with van der Waals surface area (Å²) in [5, 5.41) is 19.8. The number of benzene rings is 14. The second kappa shape index (κ2) is 15.9. The van der Waals surface area contributed by atoms with E-state index in [0.717, 1.165) is 11.4 Å². The highest BCUT2D eigenvalue weighted by atomic mass is 15.0. The van der Waals surface area contributed by atoms with E-state index in [1.807, 2.05) is 0 Å². The fraction of sp³-hybridized carbons (Fsp3) is 0. The molecule has 0 saturated heterocycles. The van der Waals surface area contributed by atoms with E-state index in [-0.39, 0.29) is 0 Å². The van der Waals surface area contributed by atoms with E-state index in [1.54, 1.807) is 0 Å². The highest BCUT2D eigenvalue weighted by Crippen LogP contribution is 2.52. The largest absolute Gasteiger partial charge is 0.308 e. The summed E-state index contributed by atoms with van der Waals surface area (Å²) < 4.78 is 5.15. The Morgan fingerprint density at radius 2 is 0.514 bits per heavy atom. The molecule has 16 rings (SSSR count). The third kappa shape index (κ3) is 6.06. The molecule has 2 aromatic heterocycles. The maximum Gasteiger partial charge on any atom is 0.0620 e. The van der Waals surface area contributed by atoms with Crippen LogP contribution in [0.5, 0.6) is 0 Å². The first-order valence-electron chi connectivity index (χ1n) is 25.7. The van der Waals surface area contributed by atoms with E-state index < -0.39 is 0 Å². The number of rotatable bonds is 6. The van der Waals surface area contributed by atoms with Crippen LogP contribution in [0, 0.1) is 0 Å². The maximum absolute atomic E-state index is 2.57. The van der Waals surface area contributed by atoms with E-state index in [1.165, 1.54) is 142 Å². The smallest absolute Gasteiger partial charge is 0.0620 e. The molecule has 0 saturated carbocycles. The zero-order valence-corrected chi connectivity index (χ0v) is 40.3. The fourth-order valence-corrected chi connectivity index (χ4v) is 12.7. The van der Waals surface area contributed by atoms with E-state index in [4.69, 9.17) is 0 Å². The summed E-state index contributed by atoms with van der Waals surface area (Å²) in [6, 6.07) is 99.5. The van der Waals surface area contributed by atoms with Crippen LogP contribution >= 0.6 is 0 Å². The number of hydrogen-bond acceptors (Lipinski definition) is 0. The minimum absolute atomic E-state index is 1.13. The van der Waals surface area contributed by atoms with E-state index >= 15 is 0 Å². The minimum atomic E-state index is 1.13. The van der Waals surface area contributed by atoms with Gasteiger partial charge in [0.25, 0.3) is 0 Å². The lowest BCUT2D eigenvalue weighted by atomic mass is 9.89. The van der Waals surface area contributed by atoms with E-state index in [0.29, 0.717) is 0 Å². The molecule has 16 aromatic rings. The molecule has 0 bridgehead atoms. The Morgan fingerprint density at radius 1 is 0.203 bits per heavy atom. The normalized spacial score (nSPS) is 12.1. The Bertz CT molecular complexity index is 4600. The number of fused-ring (bicyclic) bond motifs is 8. The molecule has 0 aliphatic carbocycles. The van der Waals surface area contributed by atoms with Gasteiger partial charge in [-0.1, -0.05) is 206 Å². The van der Waals surface area contributed by atoms with Crippen LogP contribution < -0.4 is 0 Å². The summed E-state index contributed by atoms with van der Waals surface area (Å²) in [5.41, 5.74) is 14.2. The zero-order chi connectivity index (χ0) is 48.4. The van der Waals surface area contributed by atoms with Crippen molar-refractivity contribution in [1.29, 1.82) is 0 Å². The molecular formula is C72H44N2. The second-order valence-corrected chi connectivity index (χ2v) is 20.0. The number of nitrogens with zero attached hydrogens (tertiary/aromatic N) is 2. The summed E-state index contributed by atoms with van der Waals surface area (Å²) in [6.07, 6.45) is 0. The van der Waals surface area contributed by atoms with Crippen molar-refractivity contribution in [2.75, 3.05) is 0 Å². The van der Waals surface area contributed by atoms with Gasteiger partial charge in [0.15, 0.2) is 0 Å². The minimum Gasteiger partial charge on any atom is -0.308 e. The van der Waals surface area contributed by atoms with Gasteiger partial charge in [0.2, 0.25) is 0 Å². The van der Waals surface area contributed by atoms with Crippen molar-refractivity contribution >= 4 is 97.2 Å². The second-order valence-electron chi connectivity index (χ2n) is 20.0. The summed E-state index contributed by atoms with van der Waals surface area (Å²) in [4.78, 5) is 0. The van der Waals surface area contributed by atoms with Gasteiger partial charge in [0.1, 0.15) is 0 Å². The van der Waals surface area contributed by atoms with Crippen molar-refractivity contribution < 1.29 is 0 Å². The topological polar surface area (TPSA) is 9.86 Å². The van der Waals surface area contributed by atoms with Crippen LogP contribution in [-0.2, 0) is 0 Å². The standard InChI is InChI=1S/C72H44N2/c1-5-17-45(18-6-1)67-63-43-55-31-36-62-66-56(32-35-61(65(55)66)71(63)73(69(67)47-21-9-3-10-22-47)59-33-29-53-37-49-25-13-15-27-51(49)39-57(53)41-59)44-64-68(46-19-7-2-8-20-46)70(48-23-11-4-12-24-48)74(72(62)64)60-34-30-54-38-50-26-14-16-28-52(50)40-58(54)42-60/h1-44H. The summed E-state index contributed by atoms with van der Waals surface area (Å²) >= 11 is 0. The molecule has 0 fully saturated rings. The monoisotopic (exact) mass is 936 g/mol. The quantitative estimate of drug-likeness (QED) is 0.116. The molecule has 0 aliphatic rings. The third-order valence-corrected chi connectivity index (χ3v) is 15.9. The highest BCUT2D eigenvalue weighted by molar-refractivity contribution is 6.35. The Morgan fingerprint density at radius 3 is 0.892 bits per heavy atom. The lowest BCUT2D eigenvalue weighted by Crippen LogP contribution is -1.99. The maximum atomic E-state index is 2.57. The molecular weight excluding hydrogens is 893 g/mol. The van der Waals surface area contributed by atoms with Crippen LogP contribution in [0.15, 0.2) is 267 Å². The Labute approximate surface area is 427 Å². The molecule has 0 radical (unpaired) electrons. The summed E-state index contributed by atoms with van der Waals surface area (Å²) in [6.45, 7) is 0. The van der Waals surface area contributed by atoms with Crippen molar-refractivity contribution in [2.24, 2.45) is 0 Å². The van der Waals surface area contributed by atoms with Gasteiger partial charge in [-0.2, -0.15) is 0 Å². The number of aromatic nitrogens is 2. The first kappa shape index (κ1) is 40.9. The molecule has 2 heterocycles. The van der Waals surface area contributed by atoms with Gasteiger partial charge in [-0.3, -0.25) is 0 Å². The first-order valence-corrected chi connectivity index (χ1v) is 25.7. The molecule has 0 aliphatic heterocycles. The average Bonchev–Trinajstić information content (AvgIpc) is 4.01. The Balaban J connectivity index is 1.07. The third-order valence-electron chi connectivity index (χ3n) is 15.9. The molecule has 0 spiro atoms. The van der Waals surface area contributed by atoms with Gasteiger partial charge in [-0.15, -0.1) is 0 Å². The van der Waals surface area contributed by atoms with E-state index in [9.17, 15) is 0 Å². The molecule has 0 atom stereocenters. The lowest BCUT2D eigenvalue weighted by Gasteiger charge is -2.18. The summed E-state index contributed by atoms with van der Waals surface area (Å²) in [5.74, 6) is 0. The highest BCUT2D eigenvalue weighted by Gasteiger charge is 2.28. The van der Waals surface area contributed by atoms with Gasteiger partial charge >= 0.3 is 0 Å². The molecule has 2 nitrogen and oxygen atoms in total.